The van der Waals surface area contributed by atoms with Crippen LogP contribution < -0.4 is 0 Å². The summed E-state index contributed by atoms with van der Waals surface area (Å²) in [5.74, 6) is -1.95. The van der Waals surface area contributed by atoms with Crippen LogP contribution in [0.3, 0.4) is 0 Å². The average molecular weight is 322 g/mol. The maximum Gasteiger partial charge on any atom is 0.338 e. The zero-order chi connectivity index (χ0) is 17.0. The van der Waals surface area contributed by atoms with Crippen LogP contribution in [-0.2, 0) is 4.74 Å². The highest BCUT2D eigenvalue weighted by molar-refractivity contribution is 6.32. The van der Waals surface area contributed by atoms with Crippen molar-refractivity contribution in [1.82, 2.24) is 0 Å². The molecule has 6 heteroatoms. The first-order chi connectivity index (χ1) is 11.5. The lowest BCUT2D eigenvalue weighted by molar-refractivity contribution is 0.0602. The number of furan rings is 1. The Morgan fingerprint density at radius 2 is 1.75 bits per heavy atom. The molecule has 4 rings (SSSR count). The van der Waals surface area contributed by atoms with Gasteiger partial charge in [-0.1, -0.05) is 24.3 Å². The van der Waals surface area contributed by atoms with Crippen molar-refractivity contribution in [2.45, 2.75) is 0 Å². The maximum absolute atomic E-state index is 12.8. The molecule has 2 aromatic carbocycles. The van der Waals surface area contributed by atoms with Crippen molar-refractivity contribution in [2.75, 3.05) is 7.11 Å². The molecule has 0 aliphatic heterocycles. The topological polar surface area (TPSA) is 93.8 Å². The summed E-state index contributed by atoms with van der Waals surface area (Å²) < 4.78 is 10.2. The van der Waals surface area contributed by atoms with Crippen molar-refractivity contribution in [3.8, 4) is 5.75 Å². The van der Waals surface area contributed by atoms with Gasteiger partial charge in [0.15, 0.2) is 11.5 Å². The minimum atomic E-state index is -0.737. The molecule has 6 nitrogen and oxygen atoms in total. The fourth-order valence-corrected chi connectivity index (χ4v) is 3.00. The Morgan fingerprint density at radius 3 is 2.42 bits per heavy atom. The Kier molecular flexibility index (Phi) is 2.83. The van der Waals surface area contributed by atoms with Crippen LogP contribution in [0.2, 0.25) is 0 Å². The number of aromatic hydroxyl groups is 1. The van der Waals surface area contributed by atoms with Crippen LogP contribution >= 0.6 is 0 Å². The van der Waals surface area contributed by atoms with Gasteiger partial charge in [0, 0.05) is 22.6 Å². The minimum Gasteiger partial charge on any atom is -0.508 e. The number of phenols is 1. The van der Waals surface area contributed by atoms with E-state index in [9.17, 15) is 19.5 Å². The molecule has 0 saturated heterocycles. The number of esters is 1. The van der Waals surface area contributed by atoms with E-state index < -0.39 is 17.5 Å². The molecular formula is C18H10O6. The van der Waals surface area contributed by atoms with Gasteiger partial charge < -0.3 is 14.3 Å². The number of rotatable bonds is 1. The molecular weight excluding hydrogens is 312 g/mol. The lowest BCUT2D eigenvalue weighted by Crippen LogP contribution is -2.19. The quantitative estimate of drug-likeness (QED) is 0.542. The summed E-state index contributed by atoms with van der Waals surface area (Å²) in [6.07, 6.45) is 0. The summed E-state index contributed by atoms with van der Waals surface area (Å²) in [5.41, 5.74) is 0.571. The van der Waals surface area contributed by atoms with E-state index in [1.165, 1.54) is 19.2 Å². The SMILES string of the molecule is COC(=O)c1cc(O)cc2oc3c(c12)C(=O)c1ccccc1C3=O. The zero-order valence-corrected chi connectivity index (χ0v) is 12.5. The fraction of sp³-hybridized carbons (Fsp3) is 0.0556. The van der Waals surface area contributed by atoms with Crippen LogP contribution in [0.25, 0.3) is 11.0 Å². The van der Waals surface area contributed by atoms with Crippen LogP contribution in [0.15, 0.2) is 40.8 Å². The van der Waals surface area contributed by atoms with E-state index in [1.807, 2.05) is 0 Å². The van der Waals surface area contributed by atoms with Gasteiger partial charge in [0.05, 0.1) is 18.2 Å². The smallest absolute Gasteiger partial charge is 0.338 e. The minimum absolute atomic E-state index is 0.0223. The molecule has 0 unspecified atom stereocenters. The van der Waals surface area contributed by atoms with Crippen molar-refractivity contribution in [3.63, 3.8) is 0 Å². The Hall–Kier alpha value is -3.41. The standard InChI is InChI=1S/C18H10O6/c1-23-18(22)11-6-8(19)7-12-13(11)14-15(20)9-4-2-3-5-10(9)16(21)17(14)24-12/h2-7,19H,1H3. The number of ether oxygens (including phenoxy) is 1. The number of hydrogen-bond acceptors (Lipinski definition) is 6. The predicted molar refractivity (Wildman–Crippen MR) is 82.5 cm³/mol. The number of hydrogen-bond donors (Lipinski definition) is 1. The Bertz CT molecular complexity index is 1060. The van der Waals surface area contributed by atoms with Gasteiger partial charge in [0.2, 0.25) is 5.78 Å². The third-order valence-electron chi connectivity index (χ3n) is 4.03. The molecule has 3 aromatic rings. The highest BCUT2D eigenvalue weighted by Crippen LogP contribution is 2.38. The van der Waals surface area contributed by atoms with E-state index in [2.05, 4.69) is 0 Å². The van der Waals surface area contributed by atoms with E-state index in [-0.39, 0.29) is 44.7 Å². The number of ketones is 2. The largest absolute Gasteiger partial charge is 0.508 e. The molecule has 0 amide bonds. The number of benzene rings is 2. The number of methoxy groups -OCH3 is 1. The first kappa shape index (κ1) is 14.2. The maximum atomic E-state index is 12.8. The molecule has 1 aromatic heterocycles. The summed E-state index contributed by atoms with van der Waals surface area (Å²) in [7, 11) is 1.19. The van der Waals surface area contributed by atoms with Crippen LogP contribution in [0.4, 0.5) is 0 Å². The van der Waals surface area contributed by atoms with Crippen LogP contribution in [0, 0.1) is 0 Å². The van der Waals surface area contributed by atoms with Gasteiger partial charge in [-0.2, -0.15) is 0 Å². The van der Waals surface area contributed by atoms with Gasteiger partial charge in [-0.15, -0.1) is 0 Å². The molecule has 1 aliphatic rings. The summed E-state index contributed by atoms with van der Waals surface area (Å²) in [6.45, 7) is 0. The molecule has 0 radical (unpaired) electrons. The van der Waals surface area contributed by atoms with Gasteiger partial charge in [-0.25, -0.2) is 4.79 Å². The second kappa shape index (κ2) is 4.79. The van der Waals surface area contributed by atoms with Crippen molar-refractivity contribution >= 4 is 28.5 Å². The Balaban J connectivity index is 2.12. The number of carbonyl (C=O) groups is 3. The van der Waals surface area contributed by atoms with Gasteiger partial charge in [0.25, 0.3) is 0 Å². The van der Waals surface area contributed by atoms with Gasteiger partial charge in [-0.3, -0.25) is 9.59 Å². The van der Waals surface area contributed by atoms with E-state index in [1.54, 1.807) is 24.3 Å². The highest BCUT2D eigenvalue weighted by Gasteiger charge is 2.36. The summed E-state index contributed by atoms with van der Waals surface area (Å²) in [5, 5.41) is 9.95. The first-order valence-electron chi connectivity index (χ1n) is 7.09. The van der Waals surface area contributed by atoms with Crippen LogP contribution in [0.5, 0.6) is 5.75 Å². The molecule has 0 fully saturated rings. The van der Waals surface area contributed by atoms with E-state index in [4.69, 9.17) is 9.15 Å². The van der Waals surface area contributed by atoms with Crippen molar-refractivity contribution in [1.29, 1.82) is 0 Å². The predicted octanol–water partition coefficient (Wildman–Crippen LogP) is 2.70. The van der Waals surface area contributed by atoms with E-state index in [0.29, 0.717) is 0 Å². The molecule has 1 aliphatic carbocycles. The summed E-state index contributed by atoms with van der Waals surface area (Å²) in [4.78, 5) is 37.5. The second-order valence-electron chi connectivity index (χ2n) is 5.37. The summed E-state index contributed by atoms with van der Waals surface area (Å²) >= 11 is 0. The van der Waals surface area contributed by atoms with E-state index in [0.717, 1.165) is 0 Å². The van der Waals surface area contributed by atoms with Gasteiger partial charge in [0.1, 0.15) is 11.3 Å². The summed E-state index contributed by atoms with van der Waals surface area (Å²) in [6, 6.07) is 8.85. The Labute approximate surface area is 135 Å². The van der Waals surface area contributed by atoms with Gasteiger partial charge in [-0.05, 0) is 6.07 Å². The zero-order valence-electron chi connectivity index (χ0n) is 12.5. The van der Waals surface area contributed by atoms with Crippen LogP contribution in [-0.4, -0.2) is 29.8 Å². The monoisotopic (exact) mass is 322 g/mol. The highest BCUT2D eigenvalue weighted by atomic mass is 16.5. The molecule has 1 N–H and O–H groups in total. The fourth-order valence-electron chi connectivity index (χ4n) is 3.00. The first-order valence-corrected chi connectivity index (χ1v) is 7.09. The van der Waals surface area contributed by atoms with Crippen molar-refractivity contribution < 1.29 is 28.6 Å². The number of carbonyl (C=O) groups excluding carboxylic acids is 3. The van der Waals surface area contributed by atoms with Crippen molar-refractivity contribution in [3.05, 3.63) is 64.4 Å². The van der Waals surface area contributed by atoms with Gasteiger partial charge >= 0.3 is 5.97 Å². The second-order valence-corrected chi connectivity index (χ2v) is 5.37. The molecule has 0 bridgehead atoms. The molecule has 0 atom stereocenters. The Morgan fingerprint density at radius 1 is 1.08 bits per heavy atom. The third-order valence-corrected chi connectivity index (χ3v) is 4.03. The van der Waals surface area contributed by atoms with Crippen molar-refractivity contribution in [2.24, 2.45) is 0 Å². The molecule has 24 heavy (non-hydrogen) atoms. The van der Waals surface area contributed by atoms with Crippen LogP contribution in [0.1, 0.15) is 42.4 Å². The number of fused-ring (bicyclic) bond motifs is 4. The molecule has 0 saturated carbocycles. The number of phenolic OH excluding ortho intramolecular Hbond substituents is 1. The van der Waals surface area contributed by atoms with E-state index >= 15 is 0 Å². The normalized spacial score (nSPS) is 12.9. The lowest BCUT2D eigenvalue weighted by atomic mass is 9.86. The molecule has 0 spiro atoms. The third kappa shape index (κ3) is 1.73. The lowest BCUT2D eigenvalue weighted by Gasteiger charge is -2.13. The molecule has 118 valence electrons. The molecule has 1 heterocycles. The average Bonchev–Trinajstić information content (AvgIpc) is 2.97.